The Kier molecular flexibility index (Phi) is 7.77. The highest BCUT2D eigenvalue weighted by atomic mass is 32.2. The van der Waals surface area contributed by atoms with E-state index in [0.29, 0.717) is 27.1 Å². The summed E-state index contributed by atoms with van der Waals surface area (Å²) in [5.41, 5.74) is 4.89. The lowest BCUT2D eigenvalue weighted by atomic mass is 9.96. The Morgan fingerprint density at radius 2 is 1.71 bits per heavy atom. The fourth-order valence-corrected chi connectivity index (χ4v) is 7.61. The van der Waals surface area contributed by atoms with E-state index in [0.717, 1.165) is 26.9 Å². The highest BCUT2D eigenvalue weighted by molar-refractivity contribution is 7.98. The van der Waals surface area contributed by atoms with Gasteiger partial charge in [0.1, 0.15) is 0 Å². The summed E-state index contributed by atoms with van der Waals surface area (Å²) in [6, 6.07) is 30.5. The van der Waals surface area contributed by atoms with Gasteiger partial charge in [-0.05, 0) is 66.3 Å². The van der Waals surface area contributed by atoms with Crippen LogP contribution in [0.15, 0.2) is 123 Å². The third kappa shape index (κ3) is 5.24. The predicted octanol–water partition coefficient (Wildman–Crippen LogP) is 6.68. The first-order valence-electron chi connectivity index (χ1n) is 14.8. The summed E-state index contributed by atoms with van der Waals surface area (Å²) in [5.74, 6) is -0.455. The molecule has 0 fully saturated rings. The number of ether oxygens (including phenoxy) is 1. The minimum absolute atomic E-state index is 0.183. The molecule has 0 N–H and O–H groups in total. The molecule has 224 valence electrons. The lowest BCUT2D eigenvalue weighted by molar-refractivity contribution is -0.139. The predicted molar refractivity (Wildman–Crippen MR) is 184 cm³/mol. The van der Waals surface area contributed by atoms with Gasteiger partial charge in [0.05, 0.1) is 28.5 Å². The minimum atomic E-state index is -0.633. The van der Waals surface area contributed by atoms with Crippen LogP contribution < -0.4 is 14.9 Å². The van der Waals surface area contributed by atoms with Crippen molar-refractivity contribution < 1.29 is 9.53 Å². The molecular formula is C37H31N3O3S2. The van der Waals surface area contributed by atoms with Crippen molar-refractivity contribution in [3.63, 3.8) is 0 Å². The first-order chi connectivity index (χ1) is 22.0. The molecule has 0 radical (unpaired) electrons. The third-order valence-corrected chi connectivity index (χ3v) is 10.0. The van der Waals surface area contributed by atoms with Gasteiger partial charge in [0.25, 0.3) is 5.56 Å². The number of hydrogen-bond acceptors (Lipinski definition) is 6. The van der Waals surface area contributed by atoms with Gasteiger partial charge in [-0.2, -0.15) is 0 Å². The van der Waals surface area contributed by atoms with Gasteiger partial charge in [-0.15, -0.1) is 11.8 Å². The summed E-state index contributed by atoms with van der Waals surface area (Å²) >= 11 is 2.99. The topological polar surface area (TPSA) is 65.6 Å². The van der Waals surface area contributed by atoms with Gasteiger partial charge < -0.3 is 9.30 Å². The zero-order valence-electron chi connectivity index (χ0n) is 25.2. The summed E-state index contributed by atoms with van der Waals surface area (Å²) in [5, 5.41) is 3.50. The van der Waals surface area contributed by atoms with Crippen LogP contribution in [0.1, 0.15) is 36.6 Å². The molecule has 6 nitrogen and oxygen atoms in total. The van der Waals surface area contributed by atoms with Crippen LogP contribution in [0.25, 0.3) is 27.8 Å². The van der Waals surface area contributed by atoms with Crippen LogP contribution in [-0.2, 0) is 16.1 Å². The van der Waals surface area contributed by atoms with Gasteiger partial charge >= 0.3 is 5.97 Å². The molecule has 0 amide bonds. The number of nitrogens with zero attached hydrogens (tertiary/aromatic N) is 3. The van der Waals surface area contributed by atoms with Gasteiger partial charge in [-0.3, -0.25) is 9.36 Å². The number of hydrogen-bond donors (Lipinski definition) is 0. The van der Waals surface area contributed by atoms with E-state index in [1.54, 1.807) is 23.3 Å². The fraction of sp³-hybridized carbons (Fsp3) is 0.162. The second-order valence-electron chi connectivity index (χ2n) is 10.9. The molecule has 4 aromatic carbocycles. The average Bonchev–Trinajstić information content (AvgIpc) is 3.56. The van der Waals surface area contributed by atoms with Gasteiger partial charge in [-0.1, -0.05) is 84.1 Å². The minimum Gasteiger partial charge on any atom is -0.463 e. The first kappa shape index (κ1) is 29.1. The lowest BCUT2D eigenvalue weighted by Crippen LogP contribution is -2.39. The van der Waals surface area contributed by atoms with E-state index < -0.39 is 12.0 Å². The molecule has 2 aromatic heterocycles. The van der Waals surface area contributed by atoms with Crippen molar-refractivity contribution in [2.75, 3.05) is 12.9 Å². The molecule has 1 aliphatic heterocycles. The van der Waals surface area contributed by atoms with Crippen LogP contribution in [0, 0.1) is 0 Å². The zero-order valence-corrected chi connectivity index (χ0v) is 26.8. The second-order valence-corrected chi connectivity index (χ2v) is 12.8. The number of carbonyl (C=O) groups is 1. The van der Waals surface area contributed by atoms with Crippen LogP contribution in [0.5, 0.6) is 0 Å². The number of thioether (sulfide) groups is 1. The van der Waals surface area contributed by atoms with E-state index in [1.807, 2.05) is 55.7 Å². The molecule has 1 aliphatic rings. The van der Waals surface area contributed by atoms with Gasteiger partial charge in [0.2, 0.25) is 0 Å². The van der Waals surface area contributed by atoms with E-state index in [1.165, 1.54) is 27.7 Å². The Bertz CT molecular complexity index is 2300. The Balaban J connectivity index is 1.37. The van der Waals surface area contributed by atoms with Crippen molar-refractivity contribution in [3.8, 4) is 0 Å². The SMILES string of the molecule is CCOC(=O)C1=C(C)N=c2s/c(=C\c3cn(Cc4cccc5ccccc45)c4ccccc34)c(=O)n2[C@@H]1c1ccc(SC)cc1. The molecule has 0 bridgehead atoms. The number of carbonyl (C=O) groups excluding carboxylic acids is 1. The summed E-state index contributed by atoms with van der Waals surface area (Å²) in [4.78, 5) is 33.9. The van der Waals surface area contributed by atoms with Gasteiger partial charge in [0.15, 0.2) is 4.80 Å². The molecule has 1 atom stereocenters. The number of rotatable bonds is 7. The standard InChI is InChI=1S/C37H31N3O3S2/c1-4-43-36(42)33-23(2)38-37-40(34(33)25-16-18-28(44-3)19-17-25)35(41)32(45-37)20-27-22-39(31-15-8-7-14-30(27)31)21-26-12-9-11-24-10-5-6-13-29(24)26/h5-20,22,34H,4,21H2,1-3H3/b32-20-/t34-/m1/s1. The molecule has 0 saturated carbocycles. The van der Waals surface area contributed by atoms with E-state index in [4.69, 9.17) is 9.73 Å². The van der Waals surface area contributed by atoms with Crippen molar-refractivity contribution >= 4 is 56.8 Å². The molecular weight excluding hydrogens is 599 g/mol. The Morgan fingerprint density at radius 1 is 0.978 bits per heavy atom. The number of para-hydroxylation sites is 1. The number of esters is 1. The van der Waals surface area contributed by atoms with Crippen LogP contribution in [0.2, 0.25) is 0 Å². The molecule has 6 aromatic rings. The maximum Gasteiger partial charge on any atom is 0.338 e. The fourth-order valence-electron chi connectivity index (χ4n) is 6.17. The summed E-state index contributed by atoms with van der Waals surface area (Å²) < 4.78 is 9.91. The Morgan fingerprint density at radius 3 is 2.49 bits per heavy atom. The van der Waals surface area contributed by atoms with Crippen LogP contribution >= 0.6 is 23.1 Å². The van der Waals surface area contributed by atoms with Crippen molar-refractivity contribution in [1.82, 2.24) is 9.13 Å². The van der Waals surface area contributed by atoms with Crippen molar-refractivity contribution in [2.24, 2.45) is 4.99 Å². The summed E-state index contributed by atoms with van der Waals surface area (Å²) in [6.07, 6.45) is 6.10. The van der Waals surface area contributed by atoms with Crippen LogP contribution in [0.3, 0.4) is 0 Å². The lowest BCUT2D eigenvalue weighted by Gasteiger charge is -2.24. The molecule has 0 spiro atoms. The second kappa shape index (κ2) is 12.0. The first-order valence-corrected chi connectivity index (χ1v) is 16.9. The Hall–Kier alpha value is -4.66. The molecule has 0 unspecified atom stereocenters. The molecule has 0 saturated heterocycles. The number of allylic oxidation sites excluding steroid dienone is 1. The smallest absolute Gasteiger partial charge is 0.338 e. The molecule has 8 heteroatoms. The van der Waals surface area contributed by atoms with E-state index in [2.05, 4.69) is 65.4 Å². The van der Waals surface area contributed by atoms with Gasteiger partial charge in [-0.25, -0.2) is 9.79 Å². The zero-order chi connectivity index (χ0) is 31.1. The quantitative estimate of drug-likeness (QED) is 0.146. The number of fused-ring (bicyclic) bond motifs is 3. The Labute approximate surface area is 268 Å². The number of benzene rings is 4. The van der Waals surface area contributed by atoms with Crippen LogP contribution in [-0.4, -0.2) is 28.0 Å². The van der Waals surface area contributed by atoms with Gasteiger partial charge in [0, 0.05) is 34.1 Å². The maximum absolute atomic E-state index is 14.2. The van der Waals surface area contributed by atoms with Crippen molar-refractivity contribution in [3.05, 3.63) is 145 Å². The molecule has 3 heterocycles. The largest absolute Gasteiger partial charge is 0.463 e. The normalized spacial score (nSPS) is 15.0. The van der Waals surface area contributed by atoms with E-state index in [-0.39, 0.29) is 12.2 Å². The highest BCUT2D eigenvalue weighted by Crippen LogP contribution is 2.32. The van der Waals surface area contributed by atoms with E-state index >= 15 is 0 Å². The molecule has 0 aliphatic carbocycles. The van der Waals surface area contributed by atoms with Crippen LogP contribution in [0.4, 0.5) is 0 Å². The number of aromatic nitrogens is 2. The van der Waals surface area contributed by atoms with Crippen molar-refractivity contribution in [1.29, 1.82) is 0 Å². The summed E-state index contributed by atoms with van der Waals surface area (Å²) in [7, 11) is 0. The van der Waals surface area contributed by atoms with Crippen molar-refractivity contribution in [2.45, 2.75) is 31.3 Å². The van der Waals surface area contributed by atoms with E-state index in [9.17, 15) is 9.59 Å². The highest BCUT2D eigenvalue weighted by Gasteiger charge is 2.33. The average molecular weight is 630 g/mol. The monoisotopic (exact) mass is 629 g/mol. The molecule has 7 rings (SSSR count). The summed E-state index contributed by atoms with van der Waals surface area (Å²) in [6.45, 7) is 4.53. The third-order valence-electron chi connectivity index (χ3n) is 8.28. The maximum atomic E-state index is 14.2. The molecule has 45 heavy (non-hydrogen) atoms. The number of thiazole rings is 1.